The molecule has 240 valence electrons. The van der Waals surface area contributed by atoms with Gasteiger partial charge < -0.3 is 19.3 Å². The van der Waals surface area contributed by atoms with E-state index in [2.05, 4.69) is 6.92 Å². The van der Waals surface area contributed by atoms with Crippen molar-refractivity contribution in [3.8, 4) is 0 Å². The minimum absolute atomic E-state index is 0.0471. The number of amides is 3. The highest BCUT2D eigenvalue weighted by molar-refractivity contribution is 5.95. The van der Waals surface area contributed by atoms with Gasteiger partial charge in [-0.05, 0) is 77.7 Å². The van der Waals surface area contributed by atoms with E-state index >= 15 is 0 Å². The molecule has 1 N–H and O–H groups in total. The lowest BCUT2D eigenvalue weighted by Crippen LogP contribution is -2.56. The second kappa shape index (κ2) is 12.8. The smallest absolute Gasteiger partial charge is 0.417 e. The van der Waals surface area contributed by atoms with Gasteiger partial charge in [0, 0.05) is 0 Å². The third-order valence-electron chi connectivity index (χ3n) is 9.27. The fourth-order valence-corrected chi connectivity index (χ4v) is 7.32. The highest BCUT2D eigenvalue weighted by Gasteiger charge is 2.59. The standard InChI is InChI=1S/C34H52N2O7/c1-20(2)19-25(30(38)35-22(4)28(41-31(35)39)23-16-11-10-12-17-23)27(37)29-26(24-18-14-13-15-21(24)3)36(34(8,9)42-29)32(40)43-33(5,6)7/h10-12,16-17,20-22,24-29,37H,13-15,18-19H2,1-9H3/t21-,22?,24-,25?,26+,27?,28?,29?/m0/s1. The molecule has 1 aliphatic carbocycles. The van der Waals surface area contributed by atoms with E-state index in [0.29, 0.717) is 6.42 Å². The van der Waals surface area contributed by atoms with Crippen molar-refractivity contribution in [1.29, 1.82) is 0 Å². The zero-order valence-electron chi connectivity index (χ0n) is 27.4. The van der Waals surface area contributed by atoms with E-state index in [0.717, 1.165) is 36.1 Å². The van der Waals surface area contributed by atoms with Gasteiger partial charge in [-0.3, -0.25) is 9.69 Å². The fraction of sp³-hybridized carbons (Fsp3) is 0.735. The first kappa shape index (κ1) is 33.2. The van der Waals surface area contributed by atoms with Crippen LogP contribution in [0, 0.1) is 23.7 Å². The van der Waals surface area contributed by atoms with Crippen LogP contribution < -0.4 is 0 Å². The summed E-state index contributed by atoms with van der Waals surface area (Å²) in [7, 11) is 0. The molecular formula is C34H52N2O7. The molecule has 1 aromatic rings. The summed E-state index contributed by atoms with van der Waals surface area (Å²) in [6, 6.07) is 8.31. The van der Waals surface area contributed by atoms with Gasteiger partial charge in [-0.2, -0.15) is 0 Å². The lowest BCUT2D eigenvalue weighted by molar-refractivity contribution is -0.148. The van der Waals surface area contributed by atoms with Crippen LogP contribution in [0.25, 0.3) is 0 Å². The summed E-state index contributed by atoms with van der Waals surface area (Å²) in [5.74, 6) is -1.04. The summed E-state index contributed by atoms with van der Waals surface area (Å²) < 4.78 is 18.1. The maximum atomic E-state index is 14.3. The highest BCUT2D eigenvalue weighted by atomic mass is 16.6. The van der Waals surface area contributed by atoms with Crippen LogP contribution in [-0.2, 0) is 19.0 Å². The molecule has 9 nitrogen and oxygen atoms in total. The van der Waals surface area contributed by atoms with Gasteiger partial charge in [0.15, 0.2) is 0 Å². The molecular weight excluding hydrogens is 548 g/mol. The number of aliphatic hydroxyl groups is 1. The average Bonchev–Trinajstić information content (AvgIpc) is 3.37. The third-order valence-corrected chi connectivity index (χ3v) is 9.27. The second-order valence-electron chi connectivity index (χ2n) is 14.7. The summed E-state index contributed by atoms with van der Waals surface area (Å²) in [5.41, 5.74) is -0.996. The largest absolute Gasteiger partial charge is 0.444 e. The highest BCUT2D eigenvalue weighted by Crippen LogP contribution is 2.46. The minimum Gasteiger partial charge on any atom is -0.444 e. The maximum absolute atomic E-state index is 14.3. The van der Waals surface area contributed by atoms with Crippen LogP contribution in [-0.4, -0.2) is 68.6 Å². The Balaban J connectivity index is 1.70. The molecule has 2 aliphatic heterocycles. The predicted octanol–water partition coefficient (Wildman–Crippen LogP) is 6.69. The summed E-state index contributed by atoms with van der Waals surface area (Å²) in [6.45, 7) is 17.1. The van der Waals surface area contributed by atoms with Gasteiger partial charge in [0.25, 0.3) is 0 Å². The number of carbonyl (C=O) groups is 3. The molecule has 4 rings (SSSR count). The monoisotopic (exact) mass is 600 g/mol. The van der Waals surface area contributed by atoms with Crippen molar-refractivity contribution in [2.75, 3.05) is 0 Å². The topological polar surface area (TPSA) is 106 Å². The molecule has 2 heterocycles. The number of imide groups is 1. The van der Waals surface area contributed by atoms with E-state index in [9.17, 15) is 19.5 Å². The number of nitrogens with zero attached hydrogens (tertiary/aromatic N) is 2. The molecule has 9 heteroatoms. The third kappa shape index (κ3) is 7.03. The minimum atomic E-state index is -1.27. The molecule has 0 spiro atoms. The number of ether oxygens (including phenoxy) is 3. The van der Waals surface area contributed by atoms with Crippen molar-refractivity contribution < 1.29 is 33.7 Å². The van der Waals surface area contributed by atoms with Crippen molar-refractivity contribution in [3.05, 3.63) is 35.9 Å². The molecule has 8 atom stereocenters. The van der Waals surface area contributed by atoms with Crippen LogP contribution >= 0.6 is 0 Å². The molecule has 5 unspecified atom stereocenters. The molecule has 43 heavy (non-hydrogen) atoms. The number of aliphatic hydroxyl groups excluding tert-OH is 1. The Kier molecular flexibility index (Phi) is 9.86. The van der Waals surface area contributed by atoms with Crippen molar-refractivity contribution in [1.82, 2.24) is 9.80 Å². The summed E-state index contributed by atoms with van der Waals surface area (Å²) in [4.78, 5) is 44.1. The van der Waals surface area contributed by atoms with Crippen LogP contribution in [0.5, 0.6) is 0 Å². The Morgan fingerprint density at radius 1 is 1.09 bits per heavy atom. The van der Waals surface area contributed by atoms with Gasteiger partial charge in [0.1, 0.15) is 23.5 Å². The van der Waals surface area contributed by atoms with Crippen LogP contribution in [0.15, 0.2) is 30.3 Å². The SMILES string of the molecule is CC(C)CC(C(=O)N1C(=O)OC(c2ccccc2)C1C)C(O)C1OC(C)(C)N(C(=O)OC(C)(C)C)[C@@H]1[C@H]1CCCC[C@@H]1C. The molecule has 3 aliphatic rings. The van der Waals surface area contributed by atoms with E-state index < -0.39 is 65.7 Å². The zero-order chi connectivity index (χ0) is 31.9. The molecule has 0 aromatic heterocycles. The second-order valence-corrected chi connectivity index (χ2v) is 14.7. The summed E-state index contributed by atoms with van der Waals surface area (Å²) in [5, 5.41) is 12.2. The maximum Gasteiger partial charge on any atom is 0.417 e. The van der Waals surface area contributed by atoms with Crippen molar-refractivity contribution >= 4 is 18.1 Å². The first-order valence-electron chi connectivity index (χ1n) is 16.0. The lowest BCUT2D eigenvalue weighted by atomic mass is 9.72. The first-order valence-corrected chi connectivity index (χ1v) is 16.0. The number of carbonyl (C=O) groups excluding carboxylic acids is 3. The Morgan fingerprint density at radius 3 is 2.30 bits per heavy atom. The number of cyclic esters (lactones) is 1. The van der Waals surface area contributed by atoms with Crippen molar-refractivity contribution in [2.24, 2.45) is 23.7 Å². The first-order chi connectivity index (χ1) is 20.0. The van der Waals surface area contributed by atoms with Crippen molar-refractivity contribution in [3.63, 3.8) is 0 Å². The molecule has 2 saturated heterocycles. The Bertz CT molecular complexity index is 1150. The fourth-order valence-electron chi connectivity index (χ4n) is 7.32. The van der Waals surface area contributed by atoms with Gasteiger partial charge >= 0.3 is 12.2 Å². The summed E-state index contributed by atoms with van der Waals surface area (Å²) >= 11 is 0. The average molecular weight is 601 g/mol. The summed E-state index contributed by atoms with van der Waals surface area (Å²) in [6.07, 6.45) is 0.433. The molecule has 1 aromatic carbocycles. The quantitative estimate of drug-likeness (QED) is 0.372. The Morgan fingerprint density at radius 2 is 1.72 bits per heavy atom. The molecule has 0 radical (unpaired) electrons. The Hall–Kier alpha value is -2.65. The van der Waals surface area contributed by atoms with E-state index in [1.54, 1.807) is 11.8 Å². The number of hydrogen-bond acceptors (Lipinski definition) is 7. The van der Waals surface area contributed by atoms with Crippen LogP contribution in [0.1, 0.15) is 106 Å². The van der Waals surface area contributed by atoms with Gasteiger partial charge in [-0.25, -0.2) is 14.5 Å². The molecule has 3 amide bonds. The number of benzene rings is 1. The van der Waals surface area contributed by atoms with E-state index in [4.69, 9.17) is 14.2 Å². The van der Waals surface area contributed by atoms with Gasteiger partial charge in [-0.1, -0.05) is 70.4 Å². The molecule has 0 bridgehead atoms. The van der Waals surface area contributed by atoms with Gasteiger partial charge in [-0.15, -0.1) is 0 Å². The Labute approximate surface area is 257 Å². The van der Waals surface area contributed by atoms with Gasteiger partial charge in [0.2, 0.25) is 5.91 Å². The van der Waals surface area contributed by atoms with Crippen LogP contribution in [0.2, 0.25) is 0 Å². The van der Waals surface area contributed by atoms with Crippen LogP contribution in [0.3, 0.4) is 0 Å². The number of rotatable bonds is 7. The van der Waals surface area contributed by atoms with E-state index in [1.165, 1.54) is 0 Å². The van der Waals surface area contributed by atoms with Crippen LogP contribution in [0.4, 0.5) is 9.59 Å². The number of hydrogen-bond donors (Lipinski definition) is 1. The predicted molar refractivity (Wildman–Crippen MR) is 163 cm³/mol. The van der Waals surface area contributed by atoms with E-state index in [-0.39, 0.29) is 17.8 Å². The zero-order valence-corrected chi connectivity index (χ0v) is 27.4. The lowest BCUT2D eigenvalue weighted by Gasteiger charge is -2.42. The molecule has 3 fully saturated rings. The normalized spacial score (nSPS) is 30.7. The van der Waals surface area contributed by atoms with E-state index in [1.807, 2.05) is 78.8 Å². The van der Waals surface area contributed by atoms with Crippen molar-refractivity contribution in [2.45, 2.75) is 136 Å². The molecule has 1 saturated carbocycles. The van der Waals surface area contributed by atoms with Gasteiger partial charge in [0.05, 0.1) is 24.1 Å².